The van der Waals surface area contributed by atoms with Gasteiger partial charge >= 0.3 is 0 Å². The second-order valence-electron chi connectivity index (χ2n) is 7.00. The third-order valence-electron chi connectivity index (χ3n) is 5.48. The van der Waals surface area contributed by atoms with E-state index in [2.05, 4.69) is 48.3 Å². The maximum atomic E-state index is 13.1. The number of likely N-dealkylation sites (tertiary alicyclic amines) is 1. The summed E-state index contributed by atoms with van der Waals surface area (Å²) < 4.78 is 0. The van der Waals surface area contributed by atoms with Gasteiger partial charge < -0.3 is 9.80 Å². The fourth-order valence-corrected chi connectivity index (χ4v) is 3.91. The lowest BCUT2D eigenvalue weighted by molar-refractivity contribution is 0.0715. The minimum Gasteiger partial charge on any atom is -0.371 e. The zero-order valence-corrected chi connectivity index (χ0v) is 15.1. The van der Waals surface area contributed by atoms with Gasteiger partial charge in [-0.3, -0.25) is 4.79 Å². The highest BCUT2D eigenvalue weighted by Gasteiger charge is 2.26. The number of hydrogen-bond acceptors (Lipinski definition) is 2. The van der Waals surface area contributed by atoms with E-state index in [1.807, 2.05) is 41.3 Å². The smallest absolute Gasteiger partial charge is 0.254 e. The van der Waals surface area contributed by atoms with Crippen molar-refractivity contribution in [3.8, 4) is 0 Å². The van der Waals surface area contributed by atoms with Gasteiger partial charge in [0.15, 0.2) is 0 Å². The standard InChI is InChI=1S/C23H24N2O/c1-24(19-10-3-2-4-11-19)20-14-16-25(17-15-20)23(26)22-13-7-9-18-8-5-6-12-21(18)22/h2-13,20H,14-17H2,1H3. The number of nitrogens with zero attached hydrogens (tertiary/aromatic N) is 2. The summed E-state index contributed by atoms with van der Waals surface area (Å²) in [5.41, 5.74) is 2.06. The SMILES string of the molecule is CN(c1ccccc1)C1CCN(C(=O)c2cccc3ccccc23)CC1. The summed E-state index contributed by atoms with van der Waals surface area (Å²) in [5, 5.41) is 2.17. The summed E-state index contributed by atoms with van der Waals surface area (Å²) in [4.78, 5) is 17.4. The molecular weight excluding hydrogens is 320 g/mol. The molecule has 0 unspecified atom stereocenters. The van der Waals surface area contributed by atoms with Gasteiger partial charge in [-0.15, -0.1) is 0 Å². The van der Waals surface area contributed by atoms with Crippen molar-refractivity contribution in [3.63, 3.8) is 0 Å². The van der Waals surface area contributed by atoms with E-state index in [0.29, 0.717) is 6.04 Å². The average Bonchev–Trinajstić information content (AvgIpc) is 2.73. The van der Waals surface area contributed by atoms with Crippen LogP contribution in [0.15, 0.2) is 72.8 Å². The van der Waals surface area contributed by atoms with Crippen molar-refractivity contribution in [2.45, 2.75) is 18.9 Å². The summed E-state index contributed by atoms with van der Waals surface area (Å²) >= 11 is 0. The predicted octanol–water partition coefficient (Wildman–Crippen LogP) is 4.58. The molecule has 0 spiro atoms. The number of benzene rings is 3. The Bertz CT molecular complexity index is 893. The van der Waals surface area contributed by atoms with E-state index in [-0.39, 0.29) is 5.91 Å². The highest BCUT2D eigenvalue weighted by molar-refractivity contribution is 6.07. The molecule has 3 aromatic carbocycles. The van der Waals surface area contributed by atoms with Crippen LogP contribution in [0.1, 0.15) is 23.2 Å². The Hall–Kier alpha value is -2.81. The van der Waals surface area contributed by atoms with Crippen LogP contribution in [0.5, 0.6) is 0 Å². The van der Waals surface area contributed by atoms with Gasteiger partial charge in [-0.2, -0.15) is 0 Å². The van der Waals surface area contributed by atoms with Crippen molar-refractivity contribution in [1.29, 1.82) is 0 Å². The van der Waals surface area contributed by atoms with Crippen LogP contribution in [0.2, 0.25) is 0 Å². The monoisotopic (exact) mass is 344 g/mol. The first-order valence-electron chi connectivity index (χ1n) is 9.29. The first-order valence-corrected chi connectivity index (χ1v) is 9.29. The molecule has 3 heteroatoms. The maximum absolute atomic E-state index is 13.1. The molecule has 1 aliphatic heterocycles. The average molecular weight is 344 g/mol. The molecule has 0 aromatic heterocycles. The van der Waals surface area contributed by atoms with Crippen LogP contribution >= 0.6 is 0 Å². The molecule has 1 amide bonds. The topological polar surface area (TPSA) is 23.6 Å². The summed E-state index contributed by atoms with van der Waals surface area (Å²) in [7, 11) is 2.15. The molecule has 0 saturated carbocycles. The Morgan fingerprint density at radius 3 is 2.31 bits per heavy atom. The number of carbonyl (C=O) groups excluding carboxylic acids is 1. The van der Waals surface area contributed by atoms with Gasteiger partial charge in [-0.25, -0.2) is 0 Å². The first kappa shape index (κ1) is 16.6. The highest BCUT2D eigenvalue weighted by atomic mass is 16.2. The van der Waals surface area contributed by atoms with Crippen LogP contribution in [-0.4, -0.2) is 37.0 Å². The van der Waals surface area contributed by atoms with Crippen molar-refractivity contribution in [3.05, 3.63) is 78.4 Å². The van der Waals surface area contributed by atoms with Crippen molar-refractivity contribution >= 4 is 22.4 Å². The lowest BCUT2D eigenvalue weighted by Crippen LogP contribution is -2.45. The lowest BCUT2D eigenvalue weighted by atomic mass is 10.00. The van der Waals surface area contributed by atoms with Crippen LogP contribution < -0.4 is 4.90 Å². The van der Waals surface area contributed by atoms with E-state index in [9.17, 15) is 4.79 Å². The van der Waals surface area contributed by atoms with Gasteiger partial charge in [0.1, 0.15) is 0 Å². The molecule has 0 bridgehead atoms. The number of carbonyl (C=O) groups is 1. The van der Waals surface area contributed by atoms with Crippen LogP contribution in [0.3, 0.4) is 0 Å². The summed E-state index contributed by atoms with van der Waals surface area (Å²) in [6.45, 7) is 1.62. The van der Waals surface area contributed by atoms with Crippen LogP contribution in [0.25, 0.3) is 10.8 Å². The minimum absolute atomic E-state index is 0.155. The fraction of sp³-hybridized carbons (Fsp3) is 0.261. The Morgan fingerprint density at radius 1 is 0.885 bits per heavy atom. The third-order valence-corrected chi connectivity index (χ3v) is 5.48. The number of anilines is 1. The number of rotatable bonds is 3. The molecule has 1 saturated heterocycles. The van der Waals surface area contributed by atoms with Gasteiger partial charge in [0.05, 0.1) is 0 Å². The van der Waals surface area contributed by atoms with E-state index in [1.165, 1.54) is 5.69 Å². The van der Waals surface area contributed by atoms with Crippen LogP contribution in [0, 0.1) is 0 Å². The van der Waals surface area contributed by atoms with Crippen molar-refractivity contribution in [2.24, 2.45) is 0 Å². The van der Waals surface area contributed by atoms with E-state index < -0.39 is 0 Å². The molecule has 1 aliphatic rings. The van der Waals surface area contributed by atoms with Crippen molar-refractivity contribution in [2.75, 3.05) is 25.0 Å². The minimum atomic E-state index is 0.155. The number of para-hydroxylation sites is 1. The van der Waals surface area contributed by atoms with E-state index in [1.54, 1.807) is 0 Å². The molecule has 3 aromatic rings. The summed E-state index contributed by atoms with van der Waals surface area (Å²) in [6.07, 6.45) is 2.00. The molecule has 1 heterocycles. The van der Waals surface area contributed by atoms with Crippen LogP contribution in [-0.2, 0) is 0 Å². The second-order valence-corrected chi connectivity index (χ2v) is 7.00. The molecule has 0 atom stereocenters. The second kappa shape index (κ2) is 7.20. The number of piperidine rings is 1. The predicted molar refractivity (Wildman–Crippen MR) is 108 cm³/mol. The van der Waals surface area contributed by atoms with E-state index in [4.69, 9.17) is 0 Å². The molecule has 1 fully saturated rings. The molecule has 0 N–H and O–H groups in total. The maximum Gasteiger partial charge on any atom is 0.254 e. The largest absolute Gasteiger partial charge is 0.371 e. The van der Waals surface area contributed by atoms with E-state index >= 15 is 0 Å². The molecule has 0 aliphatic carbocycles. The molecule has 132 valence electrons. The summed E-state index contributed by atoms with van der Waals surface area (Å²) in [5.74, 6) is 0.155. The van der Waals surface area contributed by atoms with Gasteiger partial charge in [0.25, 0.3) is 5.91 Å². The van der Waals surface area contributed by atoms with Gasteiger partial charge in [0, 0.05) is 37.4 Å². The van der Waals surface area contributed by atoms with Crippen LogP contribution in [0.4, 0.5) is 5.69 Å². The Labute approximate surface area is 154 Å². The van der Waals surface area contributed by atoms with E-state index in [0.717, 1.165) is 42.3 Å². The molecular formula is C23H24N2O. The third kappa shape index (κ3) is 3.17. The normalized spacial score (nSPS) is 15.2. The highest BCUT2D eigenvalue weighted by Crippen LogP contribution is 2.25. The Balaban J connectivity index is 1.47. The molecule has 4 rings (SSSR count). The quantitative estimate of drug-likeness (QED) is 0.694. The van der Waals surface area contributed by atoms with Crippen molar-refractivity contribution in [1.82, 2.24) is 4.90 Å². The molecule has 0 radical (unpaired) electrons. The number of fused-ring (bicyclic) bond motifs is 1. The Morgan fingerprint density at radius 2 is 1.54 bits per heavy atom. The summed E-state index contributed by atoms with van der Waals surface area (Å²) in [6, 6.07) is 25.1. The lowest BCUT2D eigenvalue weighted by Gasteiger charge is -2.38. The van der Waals surface area contributed by atoms with Crippen molar-refractivity contribution < 1.29 is 4.79 Å². The zero-order valence-electron chi connectivity index (χ0n) is 15.1. The number of hydrogen-bond donors (Lipinski definition) is 0. The number of amides is 1. The first-order chi connectivity index (χ1) is 12.7. The van der Waals surface area contributed by atoms with Gasteiger partial charge in [0.2, 0.25) is 0 Å². The zero-order chi connectivity index (χ0) is 17.9. The van der Waals surface area contributed by atoms with Gasteiger partial charge in [-0.1, -0.05) is 54.6 Å². The molecule has 26 heavy (non-hydrogen) atoms. The fourth-order valence-electron chi connectivity index (χ4n) is 3.91. The van der Waals surface area contributed by atoms with Gasteiger partial charge in [-0.05, 0) is 41.8 Å². The molecule has 3 nitrogen and oxygen atoms in total. The Kier molecular flexibility index (Phi) is 4.61.